The Morgan fingerprint density at radius 2 is 1.63 bits per heavy atom. The van der Waals surface area contributed by atoms with Crippen molar-refractivity contribution in [2.45, 2.75) is 32.0 Å². The summed E-state index contributed by atoms with van der Waals surface area (Å²) < 4.78 is 41.7. The SMILES string of the molecule is Cc1ccccc1CC(=O)N1CCN(CC(=O)N2c3ccccc3NC(=O)CC2C(F)(F)F)CC1. The Hall–Kier alpha value is -3.40. The van der Waals surface area contributed by atoms with Gasteiger partial charge in [-0.1, -0.05) is 36.4 Å². The maximum Gasteiger partial charge on any atom is 0.409 e. The van der Waals surface area contributed by atoms with Crippen molar-refractivity contribution in [3.8, 4) is 0 Å². The lowest BCUT2D eigenvalue weighted by molar-refractivity contribution is -0.158. The van der Waals surface area contributed by atoms with E-state index >= 15 is 0 Å². The van der Waals surface area contributed by atoms with Gasteiger partial charge in [-0.15, -0.1) is 0 Å². The van der Waals surface area contributed by atoms with Crippen molar-refractivity contribution >= 4 is 29.1 Å². The molecule has 2 aromatic rings. The van der Waals surface area contributed by atoms with Crippen molar-refractivity contribution in [2.75, 3.05) is 42.9 Å². The van der Waals surface area contributed by atoms with Crippen LogP contribution in [0, 0.1) is 6.92 Å². The Labute approximate surface area is 201 Å². The molecule has 1 saturated heterocycles. The van der Waals surface area contributed by atoms with Gasteiger partial charge in [-0.2, -0.15) is 13.2 Å². The van der Waals surface area contributed by atoms with Crippen LogP contribution < -0.4 is 10.2 Å². The van der Waals surface area contributed by atoms with Crippen LogP contribution in [0.15, 0.2) is 48.5 Å². The van der Waals surface area contributed by atoms with E-state index in [1.54, 1.807) is 15.9 Å². The van der Waals surface area contributed by atoms with Crippen molar-refractivity contribution in [1.82, 2.24) is 9.80 Å². The summed E-state index contributed by atoms with van der Waals surface area (Å²) in [4.78, 5) is 42.2. The lowest BCUT2D eigenvalue weighted by Gasteiger charge is -2.37. The highest BCUT2D eigenvalue weighted by molar-refractivity contribution is 6.05. The van der Waals surface area contributed by atoms with Gasteiger partial charge in [-0.25, -0.2) is 0 Å². The van der Waals surface area contributed by atoms with E-state index in [1.165, 1.54) is 18.2 Å². The number of hydrogen-bond donors (Lipinski definition) is 1. The molecule has 0 saturated carbocycles. The Morgan fingerprint density at radius 1 is 0.971 bits per heavy atom. The summed E-state index contributed by atoms with van der Waals surface area (Å²) in [5, 5.41) is 2.46. The maximum atomic E-state index is 13.9. The van der Waals surface area contributed by atoms with E-state index in [0.29, 0.717) is 31.1 Å². The van der Waals surface area contributed by atoms with Crippen molar-refractivity contribution in [3.63, 3.8) is 0 Å². The molecule has 2 aliphatic heterocycles. The number of para-hydroxylation sites is 2. The van der Waals surface area contributed by atoms with Gasteiger partial charge in [0.1, 0.15) is 6.04 Å². The first-order valence-electron chi connectivity index (χ1n) is 11.5. The minimum Gasteiger partial charge on any atom is -0.340 e. The number of halogens is 3. The molecule has 0 radical (unpaired) electrons. The number of anilines is 2. The maximum absolute atomic E-state index is 13.9. The number of carbonyl (C=O) groups excluding carboxylic acids is 3. The van der Waals surface area contributed by atoms with Gasteiger partial charge in [0.05, 0.1) is 30.8 Å². The standard InChI is InChI=1S/C25H27F3N4O3/c1-17-6-2-3-7-18(17)14-23(34)31-12-10-30(11-13-31)16-24(35)32-20-9-5-4-8-19(20)29-22(33)15-21(32)25(26,27)28/h2-9,21H,10-16H2,1H3,(H,29,33). The van der Waals surface area contributed by atoms with Gasteiger partial charge in [-0.05, 0) is 30.2 Å². The molecule has 186 valence electrons. The summed E-state index contributed by atoms with van der Waals surface area (Å²) >= 11 is 0. The van der Waals surface area contributed by atoms with E-state index in [2.05, 4.69) is 5.32 Å². The first-order chi connectivity index (χ1) is 16.6. The molecular formula is C25H27F3N4O3. The fourth-order valence-electron chi connectivity index (χ4n) is 4.50. The molecule has 1 unspecified atom stereocenters. The number of amides is 3. The second-order valence-corrected chi connectivity index (χ2v) is 8.85. The average molecular weight is 489 g/mol. The Balaban J connectivity index is 1.43. The van der Waals surface area contributed by atoms with Crippen LogP contribution in [0.1, 0.15) is 17.5 Å². The minimum absolute atomic E-state index is 0.0200. The lowest BCUT2D eigenvalue weighted by atomic mass is 10.1. The van der Waals surface area contributed by atoms with Crippen molar-refractivity contribution in [3.05, 3.63) is 59.7 Å². The number of fused-ring (bicyclic) bond motifs is 1. The van der Waals surface area contributed by atoms with Gasteiger partial charge in [0.15, 0.2) is 0 Å². The topological polar surface area (TPSA) is 73.0 Å². The number of nitrogens with zero attached hydrogens (tertiary/aromatic N) is 3. The number of alkyl halides is 3. The number of nitrogens with one attached hydrogen (secondary N) is 1. The summed E-state index contributed by atoms with van der Waals surface area (Å²) in [6, 6.07) is 11.4. The predicted octanol–water partition coefficient (Wildman–Crippen LogP) is 2.99. The molecule has 0 aromatic heterocycles. The highest BCUT2D eigenvalue weighted by Gasteiger charge is 2.49. The number of benzene rings is 2. The van der Waals surface area contributed by atoms with Crippen molar-refractivity contribution in [2.24, 2.45) is 0 Å². The molecule has 3 amide bonds. The number of rotatable bonds is 4. The average Bonchev–Trinajstić information content (AvgIpc) is 2.96. The summed E-state index contributed by atoms with van der Waals surface area (Å²) in [6.07, 6.45) is -5.36. The van der Waals surface area contributed by atoms with E-state index in [0.717, 1.165) is 11.1 Å². The first-order valence-corrected chi connectivity index (χ1v) is 11.5. The van der Waals surface area contributed by atoms with Gasteiger partial charge >= 0.3 is 6.18 Å². The van der Waals surface area contributed by atoms with E-state index in [9.17, 15) is 27.6 Å². The lowest BCUT2D eigenvalue weighted by Crippen LogP contribution is -2.55. The van der Waals surface area contributed by atoms with Crippen LogP contribution in [0.25, 0.3) is 0 Å². The van der Waals surface area contributed by atoms with E-state index in [-0.39, 0.29) is 30.2 Å². The fourth-order valence-corrected chi connectivity index (χ4v) is 4.50. The Kier molecular flexibility index (Phi) is 7.11. The molecule has 10 heteroatoms. The normalized spacial score (nSPS) is 19.1. The number of piperazine rings is 1. The van der Waals surface area contributed by atoms with Gasteiger partial charge in [0.2, 0.25) is 17.7 Å². The predicted molar refractivity (Wildman–Crippen MR) is 125 cm³/mol. The molecule has 0 bridgehead atoms. The Bertz CT molecular complexity index is 1110. The number of carbonyl (C=O) groups is 3. The zero-order valence-corrected chi connectivity index (χ0v) is 19.3. The molecule has 2 aromatic carbocycles. The van der Waals surface area contributed by atoms with E-state index in [4.69, 9.17) is 0 Å². The molecule has 2 aliphatic rings. The van der Waals surface area contributed by atoms with Gasteiger partial charge in [-0.3, -0.25) is 24.2 Å². The molecule has 1 atom stereocenters. The van der Waals surface area contributed by atoms with Gasteiger partial charge < -0.3 is 10.2 Å². The van der Waals surface area contributed by atoms with E-state index < -0.39 is 30.5 Å². The van der Waals surface area contributed by atoms with Crippen LogP contribution >= 0.6 is 0 Å². The van der Waals surface area contributed by atoms with E-state index in [1.807, 2.05) is 31.2 Å². The van der Waals surface area contributed by atoms with Crippen molar-refractivity contribution in [1.29, 1.82) is 0 Å². The Morgan fingerprint density at radius 3 is 2.31 bits per heavy atom. The molecule has 0 aliphatic carbocycles. The second kappa shape index (κ2) is 10.1. The molecule has 7 nitrogen and oxygen atoms in total. The van der Waals surface area contributed by atoms with Crippen LogP contribution in [-0.2, 0) is 20.8 Å². The van der Waals surface area contributed by atoms with Crippen molar-refractivity contribution < 1.29 is 27.6 Å². The third-order valence-electron chi connectivity index (χ3n) is 6.46. The van der Waals surface area contributed by atoms with Crippen LogP contribution in [0.3, 0.4) is 0 Å². The number of hydrogen-bond acceptors (Lipinski definition) is 4. The second-order valence-electron chi connectivity index (χ2n) is 8.85. The quantitative estimate of drug-likeness (QED) is 0.719. The third-order valence-corrected chi connectivity index (χ3v) is 6.46. The first kappa shape index (κ1) is 24.7. The molecule has 1 fully saturated rings. The molecule has 4 rings (SSSR count). The monoisotopic (exact) mass is 488 g/mol. The smallest absolute Gasteiger partial charge is 0.340 e. The highest BCUT2D eigenvalue weighted by Crippen LogP contribution is 2.37. The summed E-state index contributed by atoms with van der Waals surface area (Å²) in [5.74, 6) is -1.56. The van der Waals surface area contributed by atoms with Gasteiger partial charge in [0, 0.05) is 26.2 Å². The van der Waals surface area contributed by atoms with Crippen LogP contribution in [0.2, 0.25) is 0 Å². The zero-order valence-electron chi connectivity index (χ0n) is 19.3. The highest BCUT2D eigenvalue weighted by atomic mass is 19.4. The molecule has 35 heavy (non-hydrogen) atoms. The minimum atomic E-state index is -4.77. The fraction of sp³-hybridized carbons (Fsp3) is 0.400. The van der Waals surface area contributed by atoms with Gasteiger partial charge in [0.25, 0.3) is 0 Å². The summed E-state index contributed by atoms with van der Waals surface area (Å²) in [6.45, 7) is 3.22. The molecular weight excluding hydrogens is 461 g/mol. The number of aryl methyl sites for hydroxylation is 1. The van der Waals surface area contributed by atoms with Crippen LogP contribution in [0.4, 0.5) is 24.5 Å². The molecule has 1 N–H and O–H groups in total. The van der Waals surface area contributed by atoms with Crippen LogP contribution in [-0.4, -0.2) is 72.5 Å². The largest absolute Gasteiger partial charge is 0.409 e. The summed E-state index contributed by atoms with van der Waals surface area (Å²) in [7, 11) is 0. The molecule has 2 heterocycles. The third kappa shape index (κ3) is 5.64. The summed E-state index contributed by atoms with van der Waals surface area (Å²) in [5.41, 5.74) is 2.19. The van der Waals surface area contributed by atoms with Crippen LogP contribution in [0.5, 0.6) is 0 Å². The molecule has 0 spiro atoms. The zero-order chi connectivity index (χ0) is 25.2.